The third-order valence-corrected chi connectivity index (χ3v) is 4.53. The second kappa shape index (κ2) is 6.17. The van der Waals surface area contributed by atoms with Gasteiger partial charge in [-0.1, -0.05) is 25.4 Å². The maximum absolute atomic E-state index is 12.4. The fourth-order valence-electron chi connectivity index (χ4n) is 2.95. The van der Waals surface area contributed by atoms with Crippen LogP contribution in [0.25, 0.3) is 10.8 Å². The Labute approximate surface area is 138 Å². The van der Waals surface area contributed by atoms with E-state index in [2.05, 4.69) is 28.6 Å². The van der Waals surface area contributed by atoms with Crippen LogP contribution in [-0.2, 0) is 4.74 Å². The Balaban J connectivity index is 1.99. The summed E-state index contributed by atoms with van der Waals surface area (Å²) in [5.41, 5.74) is 1.08. The van der Waals surface area contributed by atoms with Crippen LogP contribution in [0.5, 0.6) is 0 Å². The van der Waals surface area contributed by atoms with Gasteiger partial charge in [0, 0.05) is 24.3 Å². The zero-order valence-corrected chi connectivity index (χ0v) is 13.9. The van der Waals surface area contributed by atoms with E-state index in [1.807, 2.05) is 24.1 Å². The molecular weight excluding hydrogens is 324 g/mol. The Morgan fingerprint density at radius 3 is 2.61 bits per heavy atom. The maximum atomic E-state index is 12.4. The van der Waals surface area contributed by atoms with E-state index in [9.17, 15) is 8.78 Å². The summed E-state index contributed by atoms with van der Waals surface area (Å²) in [5, 5.41) is 2.30. The fraction of sp³-hybridized carbons (Fsp3) is 0.500. The first-order valence-electron chi connectivity index (χ1n) is 7.53. The second-order valence-electron chi connectivity index (χ2n) is 6.07. The van der Waals surface area contributed by atoms with Crippen LogP contribution in [0.2, 0.25) is 5.15 Å². The summed E-state index contributed by atoms with van der Waals surface area (Å²) in [7, 11) is 0. The SMILES string of the molecule is CC(C)c1cnc(N2C[C@H](OC(F)F)[C@H]2C)c2cnc(Cl)cc12. The molecule has 2 aromatic rings. The molecule has 1 saturated heterocycles. The van der Waals surface area contributed by atoms with E-state index in [0.717, 1.165) is 22.2 Å². The number of pyridine rings is 2. The van der Waals surface area contributed by atoms with Crippen molar-refractivity contribution >= 4 is 28.2 Å². The largest absolute Gasteiger partial charge is 0.348 e. The predicted molar refractivity (Wildman–Crippen MR) is 86.3 cm³/mol. The van der Waals surface area contributed by atoms with Crippen LogP contribution in [0, 0.1) is 0 Å². The van der Waals surface area contributed by atoms with E-state index in [0.29, 0.717) is 17.6 Å². The van der Waals surface area contributed by atoms with Gasteiger partial charge in [0.05, 0.1) is 6.04 Å². The molecule has 0 bridgehead atoms. The summed E-state index contributed by atoms with van der Waals surface area (Å²) in [6, 6.07) is 1.66. The van der Waals surface area contributed by atoms with Gasteiger partial charge in [-0.15, -0.1) is 0 Å². The number of alkyl halides is 2. The predicted octanol–water partition coefficient (Wildman–Crippen LogP) is 4.22. The lowest BCUT2D eigenvalue weighted by Gasteiger charge is -2.46. The summed E-state index contributed by atoms with van der Waals surface area (Å²) >= 11 is 6.04. The van der Waals surface area contributed by atoms with Gasteiger partial charge >= 0.3 is 6.61 Å². The molecule has 124 valence electrons. The first kappa shape index (κ1) is 16.3. The second-order valence-corrected chi connectivity index (χ2v) is 6.46. The number of hydrogen-bond acceptors (Lipinski definition) is 4. The Bertz CT molecular complexity index is 726. The van der Waals surface area contributed by atoms with Crippen molar-refractivity contribution in [3.05, 3.63) is 29.2 Å². The van der Waals surface area contributed by atoms with Crippen LogP contribution < -0.4 is 4.90 Å². The minimum atomic E-state index is -2.75. The minimum absolute atomic E-state index is 0.166. The van der Waals surface area contributed by atoms with Gasteiger partial charge in [0.15, 0.2) is 0 Å². The number of fused-ring (bicyclic) bond motifs is 1. The van der Waals surface area contributed by atoms with Crippen molar-refractivity contribution in [3.63, 3.8) is 0 Å². The van der Waals surface area contributed by atoms with Gasteiger partial charge in [-0.3, -0.25) is 0 Å². The van der Waals surface area contributed by atoms with E-state index in [-0.39, 0.29) is 6.04 Å². The normalized spacial score (nSPS) is 21.3. The fourth-order valence-corrected chi connectivity index (χ4v) is 3.11. The zero-order chi connectivity index (χ0) is 16.7. The lowest BCUT2D eigenvalue weighted by Crippen LogP contribution is -2.60. The molecule has 3 heterocycles. The molecule has 0 amide bonds. The Kier molecular flexibility index (Phi) is 4.38. The molecule has 0 radical (unpaired) electrons. The Hall–Kier alpha value is -1.53. The molecule has 4 nitrogen and oxygen atoms in total. The summed E-state index contributed by atoms with van der Waals surface area (Å²) in [4.78, 5) is 10.6. The van der Waals surface area contributed by atoms with Gasteiger partial charge in [0.1, 0.15) is 17.1 Å². The lowest BCUT2D eigenvalue weighted by molar-refractivity contribution is -0.177. The van der Waals surface area contributed by atoms with Crippen molar-refractivity contribution in [2.45, 2.75) is 45.4 Å². The van der Waals surface area contributed by atoms with Crippen LogP contribution >= 0.6 is 11.6 Å². The van der Waals surface area contributed by atoms with Crippen molar-refractivity contribution in [2.24, 2.45) is 0 Å². The van der Waals surface area contributed by atoms with Gasteiger partial charge in [0.25, 0.3) is 0 Å². The third-order valence-electron chi connectivity index (χ3n) is 4.33. The summed E-state index contributed by atoms with van der Waals surface area (Å²) < 4.78 is 29.3. The van der Waals surface area contributed by atoms with Crippen molar-refractivity contribution in [1.29, 1.82) is 0 Å². The summed E-state index contributed by atoms with van der Waals surface area (Å²) in [6.07, 6.45) is 3.03. The third kappa shape index (κ3) is 2.97. The number of nitrogens with zero attached hydrogens (tertiary/aromatic N) is 3. The zero-order valence-electron chi connectivity index (χ0n) is 13.1. The van der Waals surface area contributed by atoms with Gasteiger partial charge in [0.2, 0.25) is 0 Å². The molecule has 3 rings (SSSR count). The molecule has 0 N–H and O–H groups in total. The van der Waals surface area contributed by atoms with Gasteiger partial charge < -0.3 is 9.64 Å². The summed E-state index contributed by atoms with van der Waals surface area (Å²) in [6.45, 7) is 3.66. The molecule has 7 heteroatoms. The van der Waals surface area contributed by atoms with Gasteiger partial charge in [-0.25, -0.2) is 9.97 Å². The van der Waals surface area contributed by atoms with E-state index >= 15 is 0 Å². The molecule has 0 unspecified atom stereocenters. The number of rotatable bonds is 4. The summed E-state index contributed by atoms with van der Waals surface area (Å²) in [5.74, 6) is 1.02. The topological polar surface area (TPSA) is 38.2 Å². The van der Waals surface area contributed by atoms with Crippen molar-refractivity contribution in [2.75, 3.05) is 11.4 Å². The van der Waals surface area contributed by atoms with E-state index in [1.54, 1.807) is 6.20 Å². The monoisotopic (exact) mass is 341 g/mol. The molecule has 2 aromatic heterocycles. The van der Waals surface area contributed by atoms with Crippen LogP contribution in [0.4, 0.5) is 14.6 Å². The average Bonchev–Trinajstić information content (AvgIpc) is 2.49. The van der Waals surface area contributed by atoms with Crippen LogP contribution in [-0.4, -0.2) is 35.3 Å². The molecule has 23 heavy (non-hydrogen) atoms. The van der Waals surface area contributed by atoms with E-state index < -0.39 is 12.7 Å². The molecule has 1 aliphatic heterocycles. The van der Waals surface area contributed by atoms with Crippen LogP contribution in [0.1, 0.15) is 32.3 Å². The van der Waals surface area contributed by atoms with Gasteiger partial charge in [-0.2, -0.15) is 8.78 Å². The van der Waals surface area contributed by atoms with Crippen molar-refractivity contribution < 1.29 is 13.5 Å². The van der Waals surface area contributed by atoms with Crippen molar-refractivity contribution in [1.82, 2.24) is 9.97 Å². The highest BCUT2D eigenvalue weighted by atomic mass is 35.5. The molecular formula is C16H18ClF2N3O. The highest BCUT2D eigenvalue weighted by molar-refractivity contribution is 6.30. The molecule has 2 atom stereocenters. The van der Waals surface area contributed by atoms with Crippen molar-refractivity contribution in [3.8, 4) is 0 Å². The molecule has 0 saturated carbocycles. The smallest absolute Gasteiger partial charge is 0.345 e. The Morgan fingerprint density at radius 1 is 1.26 bits per heavy atom. The number of aromatic nitrogens is 2. The number of hydrogen-bond donors (Lipinski definition) is 0. The van der Waals surface area contributed by atoms with Crippen LogP contribution in [0.15, 0.2) is 18.5 Å². The first-order chi connectivity index (χ1) is 10.9. The number of anilines is 1. The van der Waals surface area contributed by atoms with Crippen LogP contribution in [0.3, 0.4) is 0 Å². The van der Waals surface area contributed by atoms with E-state index in [4.69, 9.17) is 11.6 Å². The molecule has 0 aromatic carbocycles. The van der Waals surface area contributed by atoms with Gasteiger partial charge in [-0.05, 0) is 29.9 Å². The number of halogens is 3. The quantitative estimate of drug-likeness (QED) is 0.780. The van der Waals surface area contributed by atoms with E-state index in [1.165, 1.54) is 0 Å². The lowest BCUT2D eigenvalue weighted by atomic mass is 9.96. The average molecular weight is 342 g/mol. The highest BCUT2D eigenvalue weighted by Gasteiger charge is 2.39. The minimum Gasteiger partial charge on any atom is -0.348 e. The standard InChI is InChI=1S/C16H18ClF2N3O/c1-8(2)11-5-21-15(12-6-20-14(17)4-10(11)12)22-7-13(9(22)3)23-16(18)19/h4-6,8-9,13,16H,7H2,1-3H3/t9-,13+/m1/s1. The number of ether oxygens (including phenoxy) is 1. The maximum Gasteiger partial charge on any atom is 0.345 e. The molecule has 0 aliphatic carbocycles. The molecule has 1 aliphatic rings. The molecule has 1 fully saturated rings. The first-order valence-corrected chi connectivity index (χ1v) is 7.90. The highest BCUT2D eigenvalue weighted by Crippen LogP contribution is 2.36. The molecule has 0 spiro atoms. The Morgan fingerprint density at radius 2 is 2.00 bits per heavy atom.